The predicted octanol–water partition coefficient (Wildman–Crippen LogP) is 2.40. The average molecular weight is 325 g/mol. The maximum absolute atomic E-state index is 12.5. The third-order valence-electron chi connectivity index (χ3n) is 5.19. The SMILES string of the molecule is O=C(NCCCN1CCCC1=O)c1cccc2c3c([nH]c12)CCC3. The van der Waals surface area contributed by atoms with Gasteiger partial charge in [0.15, 0.2) is 0 Å². The minimum Gasteiger partial charge on any atom is -0.358 e. The van der Waals surface area contributed by atoms with E-state index >= 15 is 0 Å². The molecule has 1 fully saturated rings. The Morgan fingerprint density at radius 2 is 2.12 bits per heavy atom. The highest BCUT2D eigenvalue weighted by Crippen LogP contribution is 2.31. The Morgan fingerprint density at radius 3 is 2.96 bits per heavy atom. The molecule has 0 unspecified atom stereocenters. The van der Waals surface area contributed by atoms with Crippen molar-refractivity contribution in [3.05, 3.63) is 35.0 Å². The van der Waals surface area contributed by atoms with Crippen LogP contribution >= 0.6 is 0 Å². The van der Waals surface area contributed by atoms with Gasteiger partial charge in [0.1, 0.15) is 0 Å². The van der Waals surface area contributed by atoms with Gasteiger partial charge in [-0.1, -0.05) is 12.1 Å². The smallest absolute Gasteiger partial charge is 0.253 e. The van der Waals surface area contributed by atoms with E-state index in [4.69, 9.17) is 0 Å². The summed E-state index contributed by atoms with van der Waals surface area (Å²) in [5, 5.41) is 4.19. The van der Waals surface area contributed by atoms with E-state index < -0.39 is 0 Å². The van der Waals surface area contributed by atoms with Crippen LogP contribution in [-0.2, 0) is 17.6 Å². The lowest BCUT2D eigenvalue weighted by molar-refractivity contribution is -0.127. The van der Waals surface area contributed by atoms with Crippen LogP contribution in [0.5, 0.6) is 0 Å². The normalized spacial score (nSPS) is 16.8. The second-order valence-corrected chi connectivity index (χ2v) is 6.76. The molecular formula is C19H23N3O2. The van der Waals surface area contributed by atoms with E-state index in [2.05, 4.69) is 16.4 Å². The number of carbonyl (C=O) groups is 2. The average Bonchev–Trinajstić information content (AvgIpc) is 3.27. The molecule has 0 spiro atoms. The van der Waals surface area contributed by atoms with Gasteiger partial charge in [-0.05, 0) is 43.7 Å². The lowest BCUT2D eigenvalue weighted by Crippen LogP contribution is -2.30. The molecule has 2 N–H and O–H groups in total. The molecule has 4 rings (SSSR count). The van der Waals surface area contributed by atoms with Crippen molar-refractivity contribution in [2.24, 2.45) is 0 Å². The number of nitrogens with zero attached hydrogens (tertiary/aromatic N) is 1. The lowest BCUT2D eigenvalue weighted by atomic mass is 10.1. The second-order valence-electron chi connectivity index (χ2n) is 6.76. The molecule has 2 aromatic rings. The number of carbonyl (C=O) groups excluding carboxylic acids is 2. The van der Waals surface area contributed by atoms with E-state index in [1.165, 1.54) is 23.1 Å². The molecule has 1 aromatic carbocycles. The van der Waals surface area contributed by atoms with Crippen molar-refractivity contribution in [3.63, 3.8) is 0 Å². The third kappa shape index (κ3) is 2.68. The highest BCUT2D eigenvalue weighted by atomic mass is 16.2. The van der Waals surface area contributed by atoms with E-state index in [1.807, 2.05) is 17.0 Å². The van der Waals surface area contributed by atoms with Crippen LogP contribution in [0, 0.1) is 0 Å². The molecule has 0 bridgehead atoms. The first-order valence-electron chi connectivity index (χ1n) is 8.92. The van der Waals surface area contributed by atoms with Gasteiger partial charge in [-0.25, -0.2) is 0 Å². The summed E-state index contributed by atoms with van der Waals surface area (Å²) in [6.07, 6.45) is 5.81. The maximum atomic E-state index is 12.5. The van der Waals surface area contributed by atoms with Gasteiger partial charge < -0.3 is 15.2 Å². The van der Waals surface area contributed by atoms with Gasteiger partial charge in [0.2, 0.25) is 5.91 Å². The van der Waals surface area contributed by atoms with Crippen molar-refractivity contribution in [3.8, 4) is 0 Å². The molecule has 0 atom stereocenters. The molecule has 5 heteroatoms. The van der Waals surface area contributed by atoms with E-state index in [0.717, 1.165) is 49.9 Å². The highest BCUT2D eigenvalue weighted by Gasteiger charge is 2.21. The van der Waals surface area contributed by atoms with Gasteiger partial charge in [0.05, 0.1) is 11.1 Å². The summed E-state index contributed by atoms with van der Waals surface area (Å²) in [5.41, 5.74) is 4.36. The quantitative estimate of drug-likeness (QED) is 0.829. The number of nitrogens with one attached hydrogen (secondary N) is 2. The Labute approximate surface area is 141 Å². The Balaban J connectivity index is 1.40. The van der Waals surface area contributed by atoms with Crippen LogP contribution in [0.25, 0.3) is 10.9 Å². The van der Waals surface area contributed by atoms with Crippen molar-refractivity contribution < 1.29 is 9.59 Å². The fourth-order valence-electron chi connectivity index (χ4n) is 3.96. The molecule has 1 aliphatic heterocycles. The van der Waals surface area contributed by atoms with E-state index in [-0.39, 0.29) is 11.8 Å². The summed E-state index contributed by atoms with van der Waals surface area (Å²) >= 11 is 0. The number of rotatable bonds is 5. The molecule has 5 nitrogen and oxygen atoms in total. The van der Waals surface area contributed by atoms with Gasteiger partial charge >= 0.3 is 0 Å². The zero-order chi connectivity index (χ0) is 16.5. The van der Waals surface area contributed by atoms with E-state index in [0.29, 0.717) is 13.0 Å². The minimum atomic E-state index is -0.0340. The van der Waals surface area contributed by atoms with Crippen LogP contribution in [0.1, 0.15) is 47.3 Å². The van der Waals surface area contributed by atoms with Gasteiger partial charge in [0.25, 0.3) is 5.91 Å². The second kappa shape index (κ2) is 6.30. The molecule has 1 aliphatic carbocycles. The largest absolute Gasteiger partial charge is 0.358 e. The number of aromatic amines is 1. The molecule has 2 heterocycles. The summed E-state index contributed by atoms with van der Waals surface area (Å²) in [4.78, 5) is 29.5. The number of hydrogen-bond acceptors (Lipinski definition) is 2. The maximum Gasteiger partial charge on any atom is 0.253 e. The fraction of sp³-hybridized carbons (Fsp3) is 0.474. The molecular weight excluding hydrogens is 302 g/mol. The minimum absolute atomic E-state index is 0.0340. The first kappa shape index (κ1) is 15.2. The Hall–Kier alpha value is -2.30. The highest BCUT2D eigenvalue weighted by molar-refractivity contribution is 6.06. The topological polar surface area (TPSA) is 65.2 Å². The van der Waals surface area contributed by atoms with Crippen molar-refractivity contribution in [2.75, 3.05) is 19.6 Å². The van der Waals surface area contributed by atoms with Crippen LogP contribution in [0.2, 0.25) is 0 Å². The standard InChI is InChI=1S/C19H23N3O2/c23-17-9-3-11-22(17)12-4-10-20-19(24)15-7-1-6-14-13-5-2-8-16(13)21-18(14)15/h1,6-7,21H,2-5,8-12H2,(H,20,24). The molecule has 126 valence electrons. The van der Waals surface area contributed by atoms with Crippen LogP contribution in [-0.4, -0.2) is 41.3 Å². The number of benzene rings is 1. The first-order chi connectivity index (χ1) is 11.7. The number of hydrogen-bond donors (Lipinski definition) is 2. The summed E-state index contributed by atoms with van der Waals surface area (Å²) in [6, 6.07) is 5.95. The molecule has 0 radical (unpaired) electrons. The number of aromatic nitrogens is 1. The molecule has 0 saturated carbocycles. The van der Waals surface area contributed by atoms with Gasteiger partial charge in [-0.3, -0.25) is 9.59 Å². The number of para-hydroxylation sites is 1. The van der Waals surface area contributed by atoms with Crippen molar-refractivity contribution in [1.82, 2.24) is 15.2 Å². The zero-order valence-electron chi connectivity index (χ0n) is 13.9. The summed E-state index contributed by atoms with van der Waals surface area (Å²) in [6.45, 7) is 2.19. The molecule has 2 aliphatic rings. The number of fused-ring (bicyclic) bond motifs is 3. The number of amides is 2. The van der Waals surface area contributed by atoms with Gasteiger partial charge in [-0.2, -0.15) is 0 Å². The van der Waals surface area contributed by atoms with E-state index in [9.17, 15) is 9.59 Å². The van der Waals surface area contributed by atoms with Crippen LogP contribution in [0.15, 0.2) is 18.2 Å². The number of aryl methyl sites for hydroxylation is 2. The van der Waals surface area contributed by atoms with E-state index in [1.54, 1.807) is 0 Å². The third-order valence-corrected chi connectivity index (χ3v) is 5.19. The van der Waals surface area contributed by atoms with Crippen molar-refractivity contribution >= 4 is 22.7 Å². The lowest BCUT2D eigenvalue weighted by Gasteiger charge is -2.15. The Morgan fingerprint density at radius 1 is 1.21 bits per heavy atom. The zero-order valence-corrected chi connectivity index (χ0v) is 13.9. The predicted molar refractivity (Wildman–Crippen MR) is 93.1 cm³/mol. The van der Waals surface area contributed by atoms with Crippen LogP contribution < -0.4 is 5.32 Å². The summed E-state index contributed by atoms with van der Waals surface area (Å²) < 4.78 is 0. The molecule has 1 saturated heterocycles. The molecule has 24 heavy (non-hydrogen) atoms. The van der Waals surface area contributed by atoms with Gasteiger partial charge in [-0.15, -0.1) is 0 Å². The van der Waals surface area contributed by atoms with Crippen LogP contribution in [0.3, 0.4) is 0 Å². The molecule has 1 aromatic heterocycles. The number of H-pyrrole nitrogens is 1. The Kier molecular flexibility index (Phi) is 4.00. The Bertz CT molecular complexity index is 793. The summed E-state index contributed by atoms with van der Waals surface area (Å²) in [7, 11) is 0. The number of likely N-dealkylation sites (tertiary alicyclic amines) is 1. The van der Waals surface area contributed by atoms with Crippen LogP contribution in [0.4, 0.5) is 0 Å². The van der Waals surface area contributed by atoms with Crippen molar-refractivity contribution in [2.45, 2.75) is 38.5 Å². The first-order valence-corrected chi connectivity index (χ1v) is 8.92. The van der Waals surface area contributed by atoms with Gasteiger partial charge in [0, 0.05) is 37.1 Å². The van der Waals surface area contributed by atoms with Crippen molar-refractivity contribution in [1.29, 1.82) is 0 Å². The summed E-state index contributed by atoms with van der Waals surface area (Å²) in [5.74, 6) is 0.209. The molecule has 2 amide bonds. The monoisotopic (exact) mass is 325 g/mol. The fourth-order valence-corrected chi connectivity index (χ4v) is 3.96.